The lowest BCUT2D eigenvalue weighted by Crippen LogP contribution is -2.48. The first-order valence-corrected chi connectivity index (χ1v) is 13.9. The molecular weight excluding hydrogens is 486 g/mol. The topological polar surface area (TPSA) is 105 Å². The van der Waals surface area contributed by atoms with Gasteiger partial charge in [0.25, 0.3) is 11.5 Å². The molecule has 0 saturated heterocycles. The number of pyridine rings is 1. The predicted octanol–water partition coefficient (Wildman–Crippen LogP) is 5.25. The second kappa shape index (κ2) is 13.3. The molecule has 0 bridgehead atoms. The summed E-state index contributed by atoms with van der Waals surface area (Å²) in [6.07, 6.45) is 4.82. The van der Waals surface area contributed by atoms with Gasteiger partial charge in [-0.25, -0.2) is 9.97 Å². The van der Waals surface area contributed by atoms with Gasteiger partial charge in [-0.1, -0.05) is 61.9 Å². The van der Waals surface area contributed by atoms with Gasteiger partial charge in [0.1, 0.15) is 5.82 Å². The number of fused-ring (bicyclic) bond motifs is 1. The minimum atomic E-state index is -0.260. The zero-order valence-corrected chi connectivity index (χ0v) is 23.1. The summed E-state index contributed by atoms with van der Waals surface area (Å²) in [5.41, 5.74) is 9.55. The summed E-state index contributed by atoms with van der Waals surface area (Å²) < 4.78 is 0. The molecule has 0 radical (unpaired) electrons. The monoisotopic (exact) mass is 525 g/mol. The van der Waals surface area contributed by atoms with Crippen LogP contribution in [0.5, 0.6) is 0 Å². The number of aryl methyl sites for hydroxylation is 2. The highest BCUT2D eigenvalue weighted by Gasteiger charge is 2.35. The van der Waals surface area contributed by atoms with Crippen LogP contribution in [0.1, 0.15) is 66.3 Å². The lowest BCUT2D eigenvalue weighted by atomic mass is 9.83. The Bertz CT molecular complexity index is 1420. The standard InChI is InChI=1S/C32H39N5O2/c1-22(2)29(37(21-9-19-33)32(39)25-17-15-23(3)16-18-25)26(13-7-12-24-10-5-4-6-11-24)30-35-27-14-8-20-34-28(27)31(38)36-30/h4-6,8,10-11,14-18,20,22,26,29H,7,9,12-13,19,21,33H2,1-3H3,(H,35,36,38). The third-order valence-electron chi connectivity index (χ3n) is 7.28. The number of nitrogens with one attached hydrogen (secondary N) is 1. The third-order valence-corrected chi connectivity index (χ3v) is 7.28. The summed E-state index contributed by atoms with van der Waals surface area (Å²) in [6.45, 7) is 7.29. The molecule has 3 N–H and O–H groups in total. The summed E-state index contributed by atoms with van der Waals surface area (Å²) in [6, 6.07) is 21.5. The van der Waals surface area contributed by atoms with Crippen LogP contribution in [0.25, 0.3) is 11.0 Å². The van der Waals surface area contributed by atoms with Gasteiger partial charge in [-0.15, -0.1) is 0 Å². The van der Waals surface area contributed by atoms with E-state index in [0.29, 0.717) is 41.9 Å². The number of benzene rings is 2. The van der Waals surface area contributed by atoms with Gasteiger partial charge in [0.2, 0.25) is 0 Å². The van der Waals surface area contributed by atoms with Crippen molar-refractivity contribution in [3.8, 4) is 0 Å². The molecule has 2 aromatic carbocycles. The van der Waals surface area contributed by atoms with E-state index < -0.39 is 0 Å². The maximum atomic E-state index is 14.0. The molecule has 0 saturated carbocycles. The molecule has 2 atom stereocenters. The highest BCUT2D eigenvalue weighted by molar-refractivity contribution is 5.94. The van der Waals surface area contributed by atoms with Crippen molar-refractivity contribution in [3.05, 3.63) is 106 Å². The first-order chi connectivity index (χ1) is 18.9. The highest BCUT2D eigenvalue weighted by Crippen LogP contribution is 2.33. The zero-order chi connectivity index (χ0) is 27.8. The lowest BCUT2D eigenvalue weighted by Gasteiger charge is -2.40. The average molecular weight is 526 g/mol. The first-order valence-electron chi connectivity index (χ1n) is 13.9. The Morgan fingerprint density at radius 3 is 2.44 bits per heavy atom. The van der Waals surface area contributed by atoms with Crippen LogP contribution in [0.3, 0.4) is 0 Å². The van der Waals surface area contributed by atoms with E-state index in [0.717, 1.165) is 24.8 Å². The number of amides is 1. The van der Waals surface area contributed by atoms with Gasteiger partial charge >= 0.3 is 0 Å². The van der Waals surface area contributed by atoms with Crippen molar-refractivity contribution in [1.82, 2.24) is 19.9 Å². The number of carbonyl (C=O) groups excluding carboxylic acids is 1. The highest BCUT2D eigenvalue weighted by atomic mass is 16.2. The summed E-state index contributed by atoms with van der Waals surface area (Å²) in [5.74, 6) is 0.494. The number of aromatic nitrogens is 3. The zero-order valence-electron chi connectivity index (χ0n) is 23.1. The number of nitrogens with two attached hydrogens (primary N) is 1. The normalized spacial score (nSPS) is 12.9. The van der Waals surface area contributed by atoms with Crippen molar-refractivity contribution < 1.29 is 4.79 Å². The molecule has 7 heteroatoms. The molecular formula is C32H39N5O2. The van der Waals surface area contributed by atoms with Crippen molar-refractivity contribution in [3.63, 3.8) is 0 Å². The molecule has 4 aromatic rings. The Hall–Kier alpha value is -3.84. The number of H-pyrrole nitrogens is 1. The molecule has 4 rings (SSSR count). The van der Waals surface area contributed by atoms with Gasteiger partial charge in [-0.05, 0) is 74.9 Å². The number of carbonyl (C=O) groups is 1. The van der Waals surface area contributed by atoms with Gasteiger partial charge < -0.3 is 15.6 Å². The van der Waals surface area contributed by atoms with Crippen LogP contribution < -0.4 is 11.3 Å². The predicted molar refractivity (Wildman–Crippen MR) is 157 cm³/mol. The van der Waals surface area contributed by atoms with Crippen LogP contribution in [0, 0.1) is 12.8 Å². The van der Waals surface area contributed by atoms with E-state index in [-0.39, 0.29) is 29.3 Å². The second-order valence-electron chi connectivity index (χ2n) is 10.5. The van der Waals surface area contributed by atoms with Gasteiger partial charge in [-0.3, -0.25) is 9.59 Å². The van der Waals surface area contributed by atoms with E-state index in [1.54, 1.807) is 12.3 Å². The fraction of sp³-hybridized carbons (Fsp3) is 0.375. The van der Waals surface area contributed by atoms with E-state index in [9.17, 15) is 9.59 Å². The molecule has 0 aliphatic heterocycles. The van der Waals surface area contributed by atoms with Gasteiger partial charge in [0, 0.05) is 30.3 Å². The quantitative estimate of drug-likeness (QED) is 0.263. The summed E-state index contributed by atoms with van der Waals surface area (Å²) in [7, 11) is 0. The summed E-state index contributed by atoms with van der Waals surface area (Å²) >= 11 is 0. The van der Waals surface area contributed by atoms with Gasteiger partial charge in [-0.2, -0.15) is 0 Å². The number of rotatable bonds is 12. The molecule has 39 heavy (non-hydrogen) atoms. The van der Waals surface area contributed by atoms with E-state index in [1.165, 1.54) is 5.56 Å². The molecule has 2 heterocycles. The molecule has 0 aliphatic rings. The number of hydrogen-bond acceptors (Lipinski definition) is 5. The van der Waals surface area contributed by atoms with Crippen LogP contribution >= 0.6 is 0 Å². The third kappa shape index (κ3) is 6.98. The Balaban J connectivity index is 1.76. The van der Waals surface area contributed by atoms with Gasteiger partial charge in [0.15, 0.2) is 5.52 Å². The van der Waals surface area contributed by atoms with E-state index in [2.05, 4.69) is 35.9 Å². The molecule has 0 aliphatic carbocycles. The van der Waals surface area contributed by atoms with Crippen molar-refractivity contribution in [2.45, 2.75) is 58.4 Å². The lowest BCUT2D eigenvalue weighted by molar-refractivity contribution is 0.0567. The van der Waals surface area contributed by atoms with Crippen LogP contribution in [-0.2, 0) is 6.42 Å². The molecule has 0 fully saturated rings. The minimum absolute atomic E-state index is 0.0278. The molecule has 204 valence electrons. The van der Waals surface area contributed by atoms with Gasteiger partial charge in [0.05, 0.1) is 5.52 Å². The molecule has 1 amide bonds. The number of hydrogen-bond donors (Lipinski definition) is 2. The summed E-state index contributed by atoms with van der Waals surface area (Å²) in [4.78, 5) is 41.2. The molecule has 0 spiro atoms. The smallest absolute Gasteiger partial charge is 0.277 e. The Labute approximate surface area is 230 Å². The minimum Gasteiger partial charge on any atom is -0.335 e. The van der Waals surface area contributed by atoms with Crippen LogP contribution in [0.2, 0.25) is 0 Å². The Morgan fingerprint density at radius 2 is 1.74 bits per heavy atom. The molecule has 2 unspecified atom stereocenters. The Kier molecular flexibility index (Phi) is 9.60. The average Bonchev–Trinajstić information content (AvgIpc) is 2.94. The van der Waals surface area contributed by atoms with Crippen LogP contribution in [-0.4, -0.2) is 44.9 Å². The van der Waals surface area contributed by atoms with E-state index in [1.807, 2.05) is 60.4 Å². The number of aromatic amines is 1. The van der Waals surface area contributed by atoms with Crippen molar-refractivity contribution in [2.24, 2.45) is 11.7 Å². The first kappa shape index (κ1) is 28.2. The van der Waals surface area contributed by atoms with Crippen molar-refractivity contribution in [1.29, 1.82) is 0 Å². The largest absolute Gasteiger partial charge is 0.335 e. The van der Waals surface area contributed by atoms with Crippen LogP contribution in [0.15, 0.2) is 77.7 Å². The fourth-order valence-electron chi connectivity index (χ4n) is 5.36. The molecule has 2 aromatic heterocycles. The fourth-order valence-corrected chi connectivity index (χ4v) is 5.36. The van der Waals surface area contributed by atoms with Crippen molar-refractivity contribution >= 4 is 16.9 Å². The maximum Gasteiger partial charge on any atom is 0.277 e. The van der Waals surface area contributed by atoms with E-state index in [4.69, 9.17) is 10.7 Å². The van der Waals surface area contributed by atoms with Crippen LogP contribution in [0.4, 0.5) is 0 Å². The SMILES string of the molecule is Cc1ccc(C(=O)N(CCCN)C(C(C)C)C(CCCc2ccccc2)c2nc3cccnc3c(=O)[nH]2)cc1. The maximum absolute atomic E-state index is 14.0. The van der Waals surface area contributed by atoms with E-state index >= 15 is 0 Å². The second-order valence-corrected chi connectivity index (χ2v) is 10.5. The molecule has 7 nitrogen and oxygen atoms in total. The number of nitrogens with zero attached hydrogens (tertiary/aromatic N) is 3. The Morgan fingerprint density at radius 1 is 1.00 bits per heavy atom. The summed E-state index contributed by atoms with van der Waals surface area (Å²) in [5, 5.41) is 0. The van der Waals surface area contributed by atoms with Crippen molar-refractivity contribution in [2.75, 3.05) is 13.1 Å².